The molecule has 1 aromatic heterocycles. The second-order valence-electron chi connectivity index (χ2n) is 5.81. The van der Waals surface area contributed by atoms with Crippen LogP contribution < -0.4 is 5.32 Å². The molecule has 2 atom stereocenters. The molecule has 1 N–H and O–H groups in total. The van der Waals surface area contributed by atoms with Gasteiger partial charge in [-0.3, -0.25) is 4.68 Å². The van der Waals surface area contributed by atoms with E-state index >= 15 is 0 Å². The molecule has 5 heteroatoms. The van der Waals surface area contributed by atoms with E-state index in [2.05, 4.69) is 47.1 Å². The highest BCUT2D eigenvalue weighted by Gasteiger charge is 2.37. The number of halogens is 1. The molecular formula is C16H28BrN3O. The molecule has 120 valence electrons. The molecule has 0 radical (unpaired) electrons. The van der Waals surface area contributed by atoms with E-state index < -0.39 is 0 Å². The minimum absolute atomic E-state index is 0.321. The van der Waals surface area contributed by atoms with Crippen molar-refractivity contribution in [2.24, 2.45) is 13.0 Å². The van der Waals surface area contributed by atoms with Crippen LogP contribution in [-0.4, -0.2) is 35.1 Å². The first kappa shape index (κ1) is 17.0. The Balaban J connectivity index is 2.16. The van der Waals surface area contributed by atoms with Gasteiger partial charge in [0.2, 0.25) is 0 Å². The average Bonchev–Trinajstić information content (AvgIpc) is 3.26. The highest BCUT2D eigenvalue weighted by atomic mass is 79.9. The van der Waals surface area contributed by atoms with Crippen LogP contribution in [0.5, 0.6) is 0 Å². The fourth-order valence-electron chi connectivity index (χ4n) is 3.01. The minimum atomic E-state index is 0.321. The average molecular weight is 358 g/mol. The maximum atomic E-state index is 6.06. The summed E-state index contributed by atoms with van der Waals surface area (Å²) in [6.45, 7) is 8.16. The molecule has 0 spiro atoms. The summed E-state index contributed by atoms with van der Waals surface area (Å²) in [5.41, 5.74) is 2.41. The zero-order valence-electron chi connectivity index (χ0n) is 13.7. The van der Waals surface area contributed by atoms with E-state index in [-0.39, 0.29) is 0 Å². The third-order valence-corrected chi connectivity index (χ3v) is 5.14. The molecular weight excluding hydrogens is 330 g/mol. The molecule has 1 fully saturated rings. The van der Waals surface area contributed by atoms with Crippen LogP contribution in [0.4, 0.5) is 0 Å². The predicted molar refractivity (Wildman–Crippen MR) is 89.6 cm³/mol. The van der Waals surface area contributed by atoms with Crippen LogP contribution in [0.25, 0.3) is 0 Å². The van der Waals surface area contributed by atoms with Crippen LogP contribution in [0.2, 0.25) is 0 Å². The van der Waals surface area contributed by atoms with Crippen molar-refractivity contribution < 1.29 is 4.74 Å². The van der Waals surface area contributed by atoms with Crippen molar-refractivity contribution in [1.29, 1.82) is 0 Å². The third kappa shape index (κ3) is 4.08. The second-order valence-corrected chi connectivity index (χ2v) is 6.60. The van der Waals surface area contributed by atoms with E-state index in [1.165, 1.54) is 23.0 Å². The monoisotopic (exact) mass is 357 g/mol. The lowest BCUT2D eigenvalue weighted by Gasteiger charge is -2.28. The number of nitrogens with one attached hydrogen (secondary N) is 1. The van der Waals surface area contributed by atoms with Crippen LogP contribution in [0.3, 0.4) is 0 Å². The molecule has 1 aliphatic carbocycles. The lowest BCUT2D eigenvalue weighted by atomic mass is 10.0. The lowest BCUT2D eigenvalue weighted by Crippen LogP contribution is -2.44. The molecule has 1 saturated carbocycles. The van der Waals surface area contributed by atoms with Crippen molar-refractivity contribution in [2.75, 3.05) is 13.2 Å². The van der Waals surface area contributed by atoms with E-state index in [0.717, 1.165) is 37.6 Å². The standard InChI is InChI=1S/C16H28BrN3O/c1-5-12-15(17)14(20(4)19-12)10-13(18-6-2)16(21-7-3)11-8-9-11/h11,13,16,18H,5-10H2,1-4H3. The molecule has 4 nitrogen and oxygen atoms in total. The molecule has 0 aliphatic heterocycles. The normalized spacial score (nSPS) is 18.0. The van der Waals surface area contributed by atoms with Crippen molar-refractivity contribution >= 4 is 15.9 Å². The van der Waals surface area contributed by atoms with E-state index in [0.29, 0.717) is 12.1 Å². The minimum Gasteiger partial charge on any atom is -0.377 e. The first-order valence-corrected chi connectivity index (χ1v) is 8.96. The Kier molecular flexibility index (Phi) is 6.26. The van der Waals surface area contributed by atoms with Crippen molar-refractivity contribution in [3.05, 3.63) is 15.9 Å². The van der Waals surface area contributed by atoms with Crippen LogP contribution in [0.1, 0.15) is 45.0 Å². The summed E-state index contributed by atoms with van der Waals surface area (Å²) >= 11 is 3.73. The van der Waals surface area contributed by atoms with Crippen LogP contribution in [0, 0.1) is 5.92 Å². The van der Waals surface area contributed by atoms with Gasteiger partial charge in [0.15, 0.2) is 0 Å². The number of likely N-dealkylation sites (N-methyl/N-ethyl adjacent to an activating group) is 1. The lowest BCUT2D eigenvalue weighted by molar-refractivity contribution is 0.0191. The van der Waals surface area contributed by atoms with E-state index in [1.807, 2.05) is 11.7 Å². The van der Waals surface area contributed by atoms with Crippen molar-refractivity contribution in [3.63, 3.8) is 0 Å². The maximum Gasteiger partial charge on any atom is 0.0766 e. The summed E-state index contributed by atoms with van der Waals surface area (Å²) in [4.78, 5) is 0. The molecule has 1 aromatic rings. The fraction of sp³-hybridized carbons (Fsp3) is 0.812. The third-order valence-electron chi connectivity index (χ3n) is 4.22. The van der Waals surface area contributed by atoms with Gasteiger partial charge in [0, 0.05) is 26.1 Å². The molecule has 21 heavy (non-hydrogen) atoms. The van der Waals surface area contributed by atoms with Gasteiger partial charge in [-0.1, -0.05) is 13.8 Å². The van der Waals surface area contributed by atoms with Gasteiger partial charge in [0.25, 0.3) is 0 Å². The van der Waals surface area contributed by atoms with E-state index in [1.54, 1.807) is 0 Å². The van der Waals surface area contributed by atoms with Crippen molar-refractivity contribution in [3.8, 4) is 0 Å². The predicted octanol–water partition coefficient (Wildman–Crippen LogP) is 3.08. The fourth-order valence-corrected chi connectivity index (χ4v) is 3.79. The summed E-state index contributed by atoms with van der Waals surface area (Å²) < 4.78 is 9.24. The van der Waals surface area contributed by atoms with Gasteiger partial charge in [-0.15, -0.1) is 0 Å². The summed E-state index contributed by atoms with van der Waals surface area (Å²) in [6.07, 6.45) is 4.84. The molecule has 0 amide bonds. The molecule has 2 unspecified atom stereocenters. The van der Waals surface area contributed by atoms with Crippen molar-refractivity contribution in [2.45, 2.75) is 58.6 Å². The van der Waals surface area contributed by atoms with E-state index in [9.17, 15) is 0 Å². The molecule has 2 rings (SSSR count). The zero-order valence-corrected chi connectivity index (χ0v) is 15.2. The topological polar surface area (TPSA) is 39.1 Å². The summed E-state index contributed by atoms with van der Waals surface area (Å²) in [5, 5.41) is 8.24. The highest BCUT2D eigenvalue weighted by Crippen LogP contribution is 2.37. The van der Waals surface area contributed by atoms with Crippen LogP contribution in [0.15, 0.2) is 4.47 Å². The molecule has 1 aliphatic rings. The molecule has 0 saturated heterocycles. The van der Waals surface area contributed by atoms with Gasteiger partial charge >= 0.3 is 0 Å². The van der Waals surface area contributed by atoms with Gasteiger partial charge in [-0.25, -0.2) is 0 Å². The smallest absolute Gasteiger partial charge is 0.0766 e. The number of hydrogen-bond donors (Lipinski definition) is 1. The Morgan fingerprint density at radius 3 is 2.57 bits per heavy atom. The van der Waals surface area contributed by atoms with Gasteiger partial charge in [0.05, 0.1) is 22.0 Å². The highest BCUT2D eigenvalue weighted by molar-refractivity contribution is 9.10. The Hall–Kier alpha value is -0.390. The second kappa shape index (κ2) is 7.75. The quantitative estimate of drug-likeness (QED) is 0.737. The summed E-state index contributed by atoms with van der Waals surface area (Å²) in [6, 6.07) is 0.360. The Labute approximate surface area is 136 Å². The Morgan fingerprint density at radius 2 is 2.10 bits per heavy atom. The largest absolute Gasteiger partial charge is 0.377 e. The number of hydrogen-bond acceptors (Lipinski definition) is 3. The molecule has 0 aromatic carbocycles. The SMILES string of the molecule is CCNC(Cc1c(Br)c(CC)nn1C)C(OCC)C1CC1. The summed E-state index contributed by atoms with van der Waals surface area (Å²) in [5.74, 6) is 0.728. The maximum absolute atomic E-state index is 6.06. The number of aryl methyl sites for hydroxylation is 2. The molecule has 1 heterocycles. The molecule has 0 bridgehead atoms. The number of ether oxygens (including phenoxy) is 1. The van der Waals surface area contributed by atoms with Gasteiger partial charge in [0.1, 0.15) is 0 Å². The van der Waals surface area contributed by atoms with Gasteiger partial charge in [-0.2, -0.15) is 5.10 Å². The first-order chi connectivity index (χ1) is 10.1. The van der Waals surface area contributed by atoms with Gasteiger partial charge in [-0.05, 0) is 54.6 Å². The van der Waals surface area contributed by atoms with E-state index in [4.69, 9.17) is 4.74 Å². The van der Waals surface area contributed by atoms with Crippen molar-refractivity contribution in [1.82, 2.24) is 15.1 Å². The Morgan fingerprint density at radius 1 is 1.38 bits per heavy atom. The van der Waals surface area contributed by atoms with Crippen LogP contribution in [-0.2, 0) is 24.6 Å². The Bertz CT molecular complexity index is 457. The summed E-state index contributed by atoms with van der Waals surface area (Å²) in [7, 11) is 2.04. The van der Waals surface area contributed by atoms with Crippen LogP contribution >= 0.6 is 15.9 Å². The zero-order chi connectivity index (χ0) is 15.4. The number of nitrogens with zero attached hydrogens (tertiary/aromatic N) is 2. The first-order valence-electron chi connectivity index (χ1n) is 8.17. The van der Waals surface area contributed by atoms with Gasteiger partial charge < -0.3 is 10.1 Å². The number of rotatable bonds is 9. The number of aromatic nitrogens is 2.